The molecule has 0 radical (unpaired) electrons. The molecule has 0 aromatic carbocycles. The number of amides is 1. The Kier molecular flexibility index (Phi) is 3.02. The van der Waals surface area contributed by atoms with Gasteiger partial charge in [0.25, 0.3) is 0 Å². The average Bonchev–Trinajstić information content (AvgIpc) is 2.26. The number of hydrogen-bond acceptors (Lipinski definition) is 3. The SMILES string of the molecule is Cc1nn(CC(=O)NC(C)(C)C)cc1N. The molecule has 1 aromatic rings. The highest BCUT2D eigenvalue weighted by molar-refractivity contribution is 5.76. The van der Waals surface area contributed by atoms with Crippen molar-refractivity contribution in [3.05, 3.63) is 11.9 Å². The van der Waals surface area contributed by atoms with Gasteiger partial charge in [0.05, 0.1) is 11.4 Å². The standard InChI is InChI=1S/C10H18N4O/c1-7-8(11)5-14(13-7)6-9(15)12-10(2,3)4/h5H,6,11H2,1-4H3,(H,12,15). The van der Waals surface area contributed by atoms with E-state index in [1.807, 2.05) is 27.7 Å². The second kappa shape index (κ2) is 3.92. The molecule has 15 heavy (non-hydrogen) atoms. The second-order valence-electron chi connectivity index (χ2n) is 4.67. The molecule has 1 aromatic heterocycles. The molecule has 0 saturated heterocycles. The number of rotatable bonds is 2. The monoisotopic (exact) mass is 210 g/mol. The van der Waals surface area contributed by atoms with Crippen molar-refractivity contribution in [3.8, 4) is 0 Å². The minimum absolute atomic E-state index is 0.0648. The molecule has 5 nitrogen and oxygen atoms in total. The largest absolute Gasteiger partial charge is 0.396 e. The van der Waals surface area contributed by atoms with Crippen molar-refractivity contribution < 1.29 is 4.79 Å². The molecule has 0 unspecified atom stereocenters. The molecule has 0 aliphatic heterocycles. The van der Waals surface area contributed by atoms with Crippen LogP contribution in [0.3, 0.4) is 0 Å². The Bertz CT molecular complexity index is 342. The third-order valence-corrected chi connectivity index (χ3v) is 1.80. The molecule has 0 spiro atoms. The van der Waals surface area contributed by atoms with Gasteiger partial charge >= 0.3 is 0 Å². The van der Waals surface area contributed by atoms with Crippen molar-refractivity contribution in [2.24, 2.45) is 0 Å². The van der Waals surface area contributed by atoms with Gasteiger partial charge in [-0.1, -0.05) is 0 Å². The fourth-order valence-electron chi connectivity index (χ4n) is 1.22. The van der Waals surface area contributed by atoms with Gasteiger partial charge in [-0.15, -0.1) is 0 Å². The van der Waals surface area contributed by atoms with Crippen molar-refractivity contribution >= 4 is 11.6 Å². The first-order valence-corrected chi connectivity index (χ1v) is 4.88. The van der Waals surface area contributed by atoms with Gasteiger partial charge in [0, 0.05) is 11.7 Å². The van der Waals surface area contributed by atoms with E-state index < -0.39 is 0 Å². The van der Waals surface area contributed by atoms with E-state index >= 15 is 0 Å². The van der Waals surface area contributed by atoms with Crippen LogP contribution >= 0.6 is 0 Å². The van der Waals surface area contributed by atoms with Crippen molar-refractivity contribution in [3.63, 3.8) is 0 Å². The van der Waals surface area contributed by atoms with E-state index in [1.165, 1.54) is 0 Å². The summed E-state index contributed by atoms with van der Waals surface area (Å²) in [6, 6.07) is 0. The summed E-state index contributed by atoms with van der Waals surface area (Å²) in [5, 5.41) is 6.97. The fraction of sp³-hybridized carbons (Fsp3) is 0.600. The number of aromatic nitrogens is 2. The van der Waals surface area contributed by atoms with Crippen molar-refractivity contribution in [2.75, 3.05) is 5.73 Å². The van der Waals surface area contributed by atoms with E-state index in [2.05, 4.69) is 10.4 Å². The van der Waals surface area contributed by atoms with Gasteiger partial charge in [0.15, 0.2) is 0 Å². The summed E-state index contributed by atoms with van der Waals surface area (Å²) in [6.45, 7) is 7.83. The number of aryl methyl sites for hydroxylation is 1. The summed E-state index contributed by atoms with van der Waals surface area (Å²) >= 11 is 0. The summed E-state index contributed by atoms with van der Waals surface area (Å²) in [7, 11) is 0. The highest BCUT2D eigenvalue weighted by Gasteiger charge is 2.14. The van der Waals surface area contributed by atoms with E-state index in [9.17, 15) is 4.79 Å². The molecule has 0 aliphatic rings. The number of nitrogens with zero attached hydrogens (tertiary/aromatic N) is 2. The van der Waals surface area contributed by atoms with E-state index in [0.717, 1.165) is 5.69 Å². The topological polar surface area (TPSA) is 72.9 Å². The Morgan fingerprint density at radius 2 is 2.20 bits per heavy atom. The maximum atomic E-state index is 11.5. The molecule has 0 aliphatic carbocycles. The Balaban J connectivity index is 2.59. The molecule has 1 heterocycles. The van der Waals surface area contributed by atoms with E-state index in [4.69, 9.17) is 5.73 Å². The molecule has 84 valence electrons. The maximum absolute atomic E-state index is 11.5. The molecule has 1 amide bonds. The van der Waals surface area contributed by atoms with Crippen LogP contribution in [0.25, 0.3) is 0 Å². The minimum atomic E-state index is -0.217. The van der Waals surface area contributed by atoms with Gasteiger partial charge in [-0.05, 0) is 27.7 Å². The number of hydrogen-bond donors (Lipinski definition) is 2. The molecule has 3 N–H and O–H groups in total. The van der Waals surface area contributed by atoms with Gasteiger partial charge in [0.2, 0.25) is 5.91 Å². The highest BCUT2D eigenvalue weighted by atomic mass is 16.2. The van der Waals surface area contributed by atoms with Crippen LogP contribution in [-0.2, 0) is 11.3 Å². The van der Waals surface area contributed by atoms with Crippen LogP contribution in [0.1, 0.15) is 26.5 Å². The van der Waals surface area contributed by atoms with Crippen LogP contribution in [0.2, 0.25) is 0 Å². The highest BCUT2D eigenvalue weighted by Crippen LogP contribution is 2.06. The number of nitrogen functional groups attached to an aromatic ring is 1. The number of anilines is 1. The number of carbonyl (C=O) groups is 1. The van der Waals surface area contributed by atoms with Gasteiger partial charge in [-0.3, -0.25) is 9.48 Å². The second-order valence-corrected chi connectivity index (χ2v) is 4.67. The molecule has 0 saturated carbocycles. The Morgan fingerprint density at radius 1 is 1.60 bits per heavy atom. The third-order valence-electron chi connectivity index (χ3n) is 1.80. The lowest BCUT2D eigenvalue weighted by Crippen LogP contribution is -2.42. The number of carbonyl (C=O) groups excluding carboxylic acids is 1. The van der Waals surface area contributed by atoms with Crippen LogP contribution in [0, 0.1) is 6.92 Å². The van der Waals surface area contributed by atoms with E-state index in [1.54, 1.807) is 10.9 Å². The first kappa shape index (κ1) is 11.6. The van der Waals surface area contributed by atoms with Crippen molar-refractivity contribution in [1.82, 2.24) is 15.1 Å². The summed E-state index contributed by atoms with van der Waals surface area (Å²) in [6.07, 6.45) is 1.66. The lowest BCUT2D eigenvalue weighted by molar-refractivity contribution is -0.123. The summed E-state index contributed by atoms with van der Waals surface area (Å²) < 4.78 is 1.55. The van der Waals surface area contributed by atoms with Gasteiger partial charge < -0.3 is 11.1 Å². The molecular weight excluding hydrogens is 192 g/mol. The fourth-order valence-corrected chi connectivity index (χ4v) is 1.22. The average molecular weight is 210 g/mol. The van der Waals surface area contributed by atoms with Gasteiger partial charge in [-0.2, -0.15) is 5.10 Å². The van der Waals surface area contributed by atoms with E-state index in [-0.39, 0.29) is 18.0 Å². The number of nitrogens with one attached hydrogen (secondary N) is 1. The molecule has 0 atom stereocenters. The van der Waals surface area contributed by atoms with Crippen LogP contribution in [0.15, 0.2) is 6.20 Å². The quantitative estimate of drug-likeness (QED) is 0.754. The van der Waals surface area contributed by atoms with Crippen LogP contribution < -0.4 is 11.1 Å². The normalized spacial score (nSPS) is 11.5. The predicted molar refractivity (Wildman–Crippen MR) is 59.3 cm³/mol. The zero-order chi connectivity index (χ0) is 11.6. The molecule has 0 bridgehead atoms. The van der Waals surface area contributed by atoms with Crippen LogP contribution in [-0.4, -0.2) is 21.2 Å². The Labute approximate surface area is 89.6 Å². The zero-order valence-corrected chi connectivity index (χ0v) is 9.66. The first-order valence-electron chi connectivity index (χ1n) is 4.88. The van der Waals surface area contributed by atoms with Gasteiger partial charge in [-0.25, -0.2) is 0 Å². The summed E-state index contributed by atoms with van der Waals surface area (Å²) in [5.41, 5.74) is 6.77. The van der Waals surface area contributed by atoms with Crippen molar-refractivity contribution in [2.45, 2.75) is 39.8 Å². The molecular formula is C10H18N4O. The predicted octanol–water partition coefficient (Wildman–Crippen LogP) is 0.688. The lowest BCUT2D eigenvalue weighted by atomic mass is 10.1. The number of nitrogens with two attached hydrogens (primary N) is 1. The molecule has 5 heteroatoms. The third kappa shape index (κ3) is 3.61. The van der Waals surface area contributed by atoms with E-state index in [0.29, 0.717) is 5.69 Å². The zero-order valence-electron chi connectivity index (χ0n) is 9.66. The molecule has 1 rings (SSSR count). The Morgan fingerprint density at radius 3 is 2.60 bits per heavy atom. The van der Waals surface area contributed by atoms with Crippen molar-refractivity contribution in [1.29, 1.82) is 0 Å². The summed E-state index contributed by atoms with van der Waals surface area (Å²) in [4.78, 5) is 11.5. The molecule has 0 fully saturated rings. The first-order chi connectivity index (χ1) is 6.78. The Hall–Kier alpha value is -1.52. The smallest absolute Gasteiger partial charge is 0.242 e. The van der Waals surface area contributed by atoms with Crippen LogP contribution in [0.5, 0.6) is 0 Å². The van der Waals surface area contributed by atoms with Gasteiger partial charge in [0.1, 0.15) is 6.54 Å². The maximum Gasteiger partial charge on any atom is 0.242 e. The summed E-state index contributed by atoms with van der Waals surface area (Å²) in [5.74, 6) is -0.0648. The van der Waals surface area contributed by atoms with Crippen LogP contribution in [0.4, 0.5) is 5.69 Å². The lowest BCUT2D eigenvalue weighted by Gasteiger charge is -2.20. The minimum Gasteiger partial charge on any atom is -0.396 e.